The van der Waals surface area contributed by atoms with E-state index >= 15 is 0 Å². The van der Waals surface area contributed by atoms with Crippen molar-refractivity contribution in [2.45, 2.75) is 25.7 Å². The third-order valence-electron chi connectivity index (χ3n) is 4.69. The second kappa shape index (κ2) is 2.73. The molecule has 0 heterocycles. The highest BCUT2D eigenvalue weighted by Gasteiger charge is 2.50. The van der Waals surface area contributed by atoms with E-state index in [0.717, 1.165) is 29.6 Å². The van der Waals surface area contributed by atoms with Crippen LogP contribution in [-0.4, -0.2) is 0 Å². The fourth-order valence-electron chi connectivity index (χ4n) is 4.15. The molecule has 5 unspecified atom stereocenters. The van der Waals surface area contributed by atoms with Gasteiger partial charge in [-0.3, -0.25) is 0 Å². The highest BCUT2D eigenvalue weighted by molar-refractivity contribution is 5.10. The summed E-state index contributed by atoms with van der Waals surface area (Å²) < 4.78 is 0. The van der Waals surface area contributed by atoms with Gasteiger partial charge in [0.25, 0.3) is 0 Å². The fourth-order valence-corrected chi connectivity index (χ4v) is 4.15. The molecular formula is C13H18. The lowest BCUT2D eigenvalue weighted by Gasteiger charge is -2.35. The van der Waals surface area contributed by atoms with Gasteiger partial charge in [0.1, 0.15) is 0 Å². The summed E-state index contributed by atoms with van der Waals surface area (Å²) in [5.74, 6) is 4.97. The highest BCUT2D eigenvalue weighted by atomic mass is 14.5. The molecule has 0 saturated heterocycles. The molecule has 2 bridgehead atoms. The molecule has 3 rings (SSSR count). The minimum absolute atomic E-state index is 0.859. The average Bonchev–Trinajstić information content (AvgIpc) is 2.75. The van der Waals surface area contributed by atoms with Crippen LogP contribution in [0.1, 0.15) is 25.7 Å². The number of allylic oxidation sites excluding steroid dienone is 3. The van der Waals surface area contributed by atoms with Crippen molar-refractivity contribution in [3.63, 3.8) is 0 Å². The van der Waals surface area contributed by atoms with E-state index in [1.165, 1.54) is 25.7 Å². The summed E-state index contributed by atoms with van der Waals surface area (Å²) >= 11 is 0. The number of fused-ring (bicyclic) bond motifs is 5. The summed E-state index contributed by atoms with van der Waals surface area (Å²) in [7, 11) is 0. The van der Waals surface area contributed by atoms with Gasteiger partial charge in [0.15, 0.2) is 0 Å². The largest absolute Gasteiger partial charge is 0.103 e. The maximum absolute atomic E-state index is 3.98. The van der Waals surface area contributed by atoms with Crippen LogP contribution < -0.4 is 0 Å². The number of hydrogen-bond donors (Lipinski definition) is 0. The predicted octanol–water partition coefficient (Wildman–Crippen LogP) is 3.41. The molecule has 0 aromatic heterocycles. The molecule has 0 amide bonds. The van der Waals surface area contributed by atoms with Gasteiger partial charge in [-0.2, -0.15) is 0 Å². The quantitative estimate of drug-likeness (QED) is 0.534. The number of hydrogen-bond acceptors (Lipinski definition) is 0. The van der Waals surface area contributed by atoms with Crippen molar-refractivity contribution in [3.05, 3.63) is 24.8 Å². The average molecular weight is 174 g/mol. The second-order valence-corrected chi connectivity index (χ2v) is 5.07. The Balaban J connectivity index is 1.87. The van der Waals surface area contributed by atoms with E-state index in [4.69, 9.17) is 0 Å². The molecule has 0 nitrogen and oxygen atoms in total. The van der Waals surface area contributed by atoms with E-state index in [1.54, 1.807) is 0 Å². The van der Waals surface area contributed by atoms with Gasteiger partial charge < -0.3 is 0 Å². The number of rotatable bonds is 1. The van der Waals surface area contributed by atoms with Crippen LogP contribution in [0.4, 0.5) is 0 Å². The normalized spacial score (nSPS) is 52.2. The maximum atomic E-state index is 3.98. The van der Waals surface area contributed by atoms with Gasteiger partial charge in [-0.25, -0.2) is 0 Å². The summed E-state index contributed by atoms with van der Waals surface area (Å²) in [4.78, 5) is 0. The first-order chi connectivity index (χ1) is 6.40. The van der Waals surface area contributed by atoms with Crippen LogP contribution in [0.5, 0.6) is 0 Å². The van der Waals surface area contributed by atoms with Gasteiger partial charge in [-0.05, 0) is 55.3 Å². The van der Waals surface area contributed by atoms with E-state index < -0.39 is 0 Å². The SMILES string of the molecule is C=CC1CC2CC1C1CC=CCC21. The van der Waals surface area contributed by atoms with Crippen LogP contribution >= 0.6 is 0 Å². The first-order valence-electron chi connectivity index (χ1n) is 5.67. The molecule has 70 valence electrons. The zero-order chi connectivity index (χ0) is 8.84. The van der Waals surface area contributed by atoms with Crippen molar-refractivity contribution >= 4 is 0 Å². The summed E-state index contributed by atoms with van der Waals surface area (Å²) in [6, 6.07) is 0. The Morgan fingerprint density at radius 1 is 1.00 bits per heavy atom. The summed E-state index contributed by atoms with van der Waals surface area (Å²) in [5.41, 5.74) is 0. The Hall–Kier alpha value is -0.520. The van der Waals surface area contributed by atoms with E-state index in [-0.39, 0.29) is 0 Å². The molecule has 13 heavy (non-hydrogen) atoms. The van der Waals surface area contributed by atoms with E-state index in [2.05, 4.69) is 24.8 Å². The molecule has 0 aromatic rings. The third kappa shape index (κ3) is 0.978. The minimum Gasteiger partial charge on any atom is -0.103 e. The molecule has 0 aromatic carbocycles. The Kier molecular flexibility index (Phi) is 1.65. The topological polar surface area (TPSA) is 0 Å². The van der Waals surface area contributed by atoms with Crippen LogP contribution in [0.2, 0.25) is 0 Å². The van der Waals surface area contributed by atoms with Crippen LogP contribution in [0.3, 0.4) is 0 Å². The standard InChI is InChI=1S/C13H18/c1-2-9-7-10-8-13(9)12-6-4-3-5-11(10)12/h2-4,9-13H,1,5-8H2. The molecule has 3 aliphatic rings. The Morgan fingerprint density at radius 2 is 1.77 bits per heavy atom. The zero-order valence-corrected chi connectivity index (χ0v) is 8.15. The van der Waals surface area contributed by atoms with Crippen LogP contribution in [0, 0.1) is 29.6 Å². The van der Waals surface area contributed by atoms with Crippen LogP contribution in [-0.2, 0) is 0 Å². The lowest BCUT2D eigenvalue weighted by molar-refractivity contribution is 0.181. The molecule has 0 heteroatoms. The fraction of sp³-hybridized carbons (Fsp3) is 0.692. The Morgan fingerprint density at radius 3 is 2.54 bits per heavy atom. The molecule has 0 aliphatic heterocycles. The van der Waals surface area contributed by atoms with Crippen molar-refractivity contribution in [2.75, 3.05) is 0 Å². The van der Waals surface area contributed by atoms with Crippen molar-refractivity contribution in [2.24, 2.45) is 29.6 Å². The van der Waals surface area contributed by atoms with Crippen LogP contribution in [0.25, 0.3) is 0 Å². The van der Waals surface area contributed by atoms with Crippen molar-refractivity contribution in [1.82, 2.24) is 0 Å². The van der Waals surface area contributed by atoms with Crippen molar-refractivity contribution in [1.29, 1.82) is 0 Å². The lowest BCUT2D eigenvalue weighted by Crippen LogP contribution is -2.28. The maximum Gasteiger partial charge on any atom is -0.0202 e. The molecule has 2 saturated carbocycles. The van der Waals surface area contributed by atoms with E-state index in [1.807, 2.05) is 0 Å². The molecule has 5 atom stereocenters. The molecule has 0 radical (unpaired) electrons. The lowest BCUT2D eigenvalue weighted by atomic mass is 9.69. The van der Waals surface area contributed by atoms with Gasteiger partial charge in [-0.15, -0.1) is 6.58 Å². The van der Waals surface area contributed by atoms with Gasteiger partial charge >= 0.3 is 0 Å². The molecule has 0 spiro atoms. The van der Waals surface area contributed by atoms with Gasteiger partial charge in [0.05, 0.1) is 0 Å². The Bertz CT molecular complexity index is 251. The molecule has 3 aliphatic carbocycles. The van der Waals surface area contributed by atoms with Gasteiger partial charge in [0.2, 0.25) is 0 Å². The predicted molar refractivity (Wildman–Crippen MR) is 55.3 cm³/mol. The van der Waals surface area contributed by atoms with Gasteiger partial charge in [-0.1, -0.05) is 18.2 Å². The first-order valence-corrected chi connectivity index (χ1v) is 5.67. The highest BCUT2D eigenvalue weighted by Crippen LogP contribution is 2.58. The monoisotopic (exact) mass is 174 g/mol. The molecule has 2 fully saturated rings. The molecule has 0 N–H and O–H groups in total. The smallest absolute Gasteiger partial charge is 0.0202 e. The van der Waals surface area contributed by atoms with Crippen LogP contribution in [0.15, 0.2) is 24.8 Å². The summed E-state index contributed by atoms with van der Waals surface area (Å²) in [6.45, 7) is 3.98. The van der Waals surface area contributed by atoms with E-state index in [9.17, 15) is 0 Å². The summed E-state index contributed by atoms with van der Waals surface area (Å²) in [6.07, 6.45) is 12.7. The third-order valence-corrected chi connectivity index (χ3v) is 4.69. The van der Waals surface area contributed by atoms with E-state index in [0.29, 0.717) is 0 Å². The van der Waals surface area contributed by atoms with Crippen molar-refractivity contribution < 1.29 is 0 Å². The second-order valence-electron chi connectivity index (χ2n) is 5.07. The Labute approximate surface area is 80.7 Å². The summed E-state index contributed by atoms with van der Waals surface area (Å²) in [5, 5.41) is 0. The molecular weight excluding hydrogens is 156 g/mol. The first kappa shape index (κ1) is 7.84. The van der Waals surface area contributed by atoms with Gasteiger partial charge in [0, 0.05) is 0 Å². The minimum atomic E-state index is 0.859. The van der Waals surface area contributed by atoms with Crippen molar-refractivity contribution in [3.8, 4) is 0 Å². The zero-order valence-electron chi connectivity index (χ0n) is 8.15.